The van der Waals surface area contributed by atoms with Crippen LogP contribution in [-0.2, 0) is 10.9 Å². The smallest absolute Gasteiger partial charge is 0.433 e. The molecular weight excluding hydrogens is 319 g/mol. The van der Waals surface area contributed by atoms with Crippen molar-refractivity contribution in [2.24, 2.45) is 22.7 Å². The Morgan fingerprint density at radius 2 is 2.12 bits per heavy atom. The summed E-state index contributed by atoms with van der Waals surface area (Å²) in [6.07, 6.45) is -2.79. The van der Waals surface area contributed by atoms with E-state index in [1.54, 1.807) is 0 Å². The van der Waals surface area contributed by atoms with Gasteiger partial charge in [-0.1, -0.05) is 32.6 Å². The molecule has 1 aromatic heterocycles. The standard InChI is InChI=1S/C18H18F3NO2/c1-11-4-5-13-16(2,3)17(13,9-11)10-24-15(23)12-6-7-22-14(8-12)18(19,20)21/h6-8,11,13H,9-10H2,1-3H3. The summed E-state index contributed by atoms with van der Waals surface area (Å²) in [6.45, 7) is 6.38. The van der Waals surface area contributed by atoms with Crippen LogP contribution in [0.15, 0.2) is 18.3 Å². The second-order valence-corrected chi connectivity index (χ2v) is 7.21. The van der Waals surface area contributed by atoms with E-state index in [-0.39, 0.29) is 34.8 Å². The molecule has 3 nitrogen and oxygen atoms in total. The zero-order chi connectivity index (χ0) is 17.8. The van der Waals surface area contributed by atoms with Crippen LogP contribution in [0, 0.1) is 34.5 Å². The number of esters is 1. The normalized spacial score (nSPS) is 29.9. The number of hydrogen-bond donors (Lipinski definition) is 0. The third kappa shape index (κ3) is 2.56. The van der Waals surface area contributed by atoms with Crippen LogP contribution in [0.1, 0.15) is 43.2 Å². The molecule has 1 saturated carbocycles. The maximum atomic E-state index is 12.7. The molecule has 3 atom stereocenters. The van der Waals surface area contributed by atoms with Crippen molar-refractivity contribution in [3.05, 3.63) is 29.6 Å². The molecule has 2 aliphatic rings. The van der Waals surface area contributed by atoms with Crippen molar-refractivity contribution in [2.45, 2.75) is 33.4 Å². The molecule has 0 radical (unpaired) electrons. The van der Waals surface area contributed by atoms with Crippen LogP contribution in [0.5, 0.6) is 0 Å². The topological polar surface area (TPSA) is 39.2 Å². The molecule has 0 amide bonds. The summed E-state index contributed by atoms with van der Waals surface area (Å²) in [4.78, 5) is 15.4. The van der Waals surface area contributed by atoms with Crippen molar-refractivity contribution < 1.29 is 22.7 Å². The Labute approximate surface area is 138 Å². The maximum Gasteiger partial charge on any atom is 0.433 e. The third-order valence-electron chi connectivity index (χ3n) is 5.37. The average Bonchev–Trinajstić information content (AvgIpc) is 2.99. The van der Waals surface area contributed by atoms with Crippen molar-refractivity contribution in [1.82, 2.24) is 4.98 Å². The molecular formula is C18H18F3NO2. The molecule has 1 fully saturated rings. The molecule has 3 unspecified atom stereocenters. The second kappa shape index (κ2) is 5.23. The SMILES string of the molecule is CC1C#CC2C(C)(C)C2(COC(=O)c2ccnc(C(F)(F)F)c2)C1. The molecule has 0 aliphatic heterocycles. The van der Waals surface area contributed by atoms with Gasteiger partial charge in [0.2, 0.25) is 0 Å². The van der Waals surface area contributed by atoms with E-state index in [2.05, 4.69) is 30.7 Å². The molecule has 1 aromatic rings. The first-order chi connectivity index (χ1) is 11.1. The number of pyridine rings is 1. The number of ether oxygens (including phenoxy) is 1. The first-order valence-corrected chi connectivity index (χ1v) is 7.79. The van der Waals surface area contributed by atoms with Crippen LogP contribution in [0.25, 0.3) is 0 Å². The second-order valence-electron chi connectivity index (χ2n) is 7.21. The fourth-order valence-corrected chi connectivity index (χ4v) is 3.78. The molecule has 0 N–H and O–H groups in total. The molecule has 2 aliphatic carbocycles. The molecule has 24 heavy (non-hydrogen) atoms. The Morgan fingerprint density at radius 3 is 2.79 bits per heavy atom. The van der Waals surface area contributed by atoms with Gasteiger partial charge in [-0.2, -0.15) is 13.2 Å². The van der Waals surface area contributed by atoms with E-state index < -0.39 is 17.8 Å². The number of fused-ring (bicyclic) bond motifs is 1. The number of hydrogen-bond acceptors (Lipinski definition) is 3. The van der Waals surface area contributed by atoms with Gasteiger partial charge in [0, 0.05) is 23.4 Å². The Bertz CT molecular complexity index is 745. The first kappa shape index (κ1) is 16.8. The molecule has 1 heterocycles. The summed E-state index contributed by atoms with van der Waals surface area (Å²) in [5, 5.41) is 0. The summed E-state index contributed by atoms with van der Waals surface area (Å²) >= 11 is 0. The predicted octanol–water partition coefficient (Wildman–Crippen LogP) is 3.94. The quantitative estimate of drug-likeness (QED) is 0.619. The van der Waals surface area contributed by atoms with Crippen molar-refractivity contribution >= 4 is 5.97 Å². The highest BCUT2D eigenvalue weighted by Crippen LogP contribution is 2.72. The van der Waals surface area contributed by atoms with Gasteiger partial charge in [0.15, 0.2) is 0 Å². The average molecular weight is 337 g/mol. The van der Waals surface area contributed by atoms with Crippen LogP contribution >= 0.6 is 0 Å². The van der Waals surface area contributed by atoms with Gasteiger partial charge in [-0.05, 0) is 24.0 Å². The van der Waals surface area contributed by atoms with E-state index in [1.807, 2.05) is 6.92 Å². The highest BCUT2D eigenvalue weighted by molar-refractivity contribution is 5.89. The minimum absolute atomic E-state index is 0.0551. The summed E-state index contributed by atoms with van der Waals surface area (Å²) in [7, 11) is 0. The number of nitrogens with zero attached hydrogens (tertiary/aromatic N) is 1. The number of carbonyl (C=O) groups excluding carboxylic acids is 1. The number of alkyl halides is 3. The van der Waals surface area contributed by atoms with Gasteiger partial charge in [-0.15, -0.1) is 0 Å². The van der Waals surface area contributed by atoms with Crippen molar-refractivity contribution in [3.63, 3.8) is 0 Å². The van der Waals surface area contributed by atoms with Crippen LogP contribution in [0.4, 0.5) is 13.2 Å². The zero-order valence-corrected chi connectivity index (χ0v) is 13.7. The molecule has 0 spiro atoms. The number of halogens is 3. The lowest BCUT2D eigenvalue weighted by Crippen LogP contribution is -2.24. The van der Waals surface area contributed by atoms with Gasteiger partial charge in [0.05, 0.1) is 12.2 Å². The molecule has 0 saturated heterocycles. The van der Waals surface area contributed by atoms with E-state index in [0.717, 1.165) is 18.7 Å². The van der Waals surface area contributed by atoms with E-state index in [1.165, 1.54) is 6.07 Å². The van der Waals surface area contributed by atoms with Gasteiger partial charge < -0.3 is 4.74 Å². The summed E-state index contributed by atoms with van der Waals surface area (Å²) in [5.74, 6) is 6.03. The Hall–Kier alpha value is -2.03. The molecule has 6 heteroatoms. The highest BCUT2D eigenvalue weighted by Gasteiger charge is 2.71. The van der Waals surface area contributed by atoms with Gasteiger partial charge in [-0.25, -0.2) is 4.79 Å². The van der Waals surface area contributed by atoms with Crippen molar-refractivity contribution in [3.8, 4) is 11.8 Å². The fraction of sp³-hybridized carbons (Fsp3) is 0.556. The Balaban J connectivity index is 1.72. The van der Waals surface area contributed by atoms with E-state index >= 15 is 0 Å². The lowest BCUT2D eigenvalue weighted by molar-refractivity contribution is -0.141. The lowest BCUT2D eigenvalue weighted by Gasteiger charge is -2.23. The van der Waals surface area contributed by atoms with Gasteiger partial charge in [0.25, 0.3) is 0 Å². The van der Waals surface area contributed by atoms with Crippen LogP contribution in [0.2, 0.25) is 0 Å². The Kier molecular flexibility index (Phi) is 3.67. The van der Waals surface area contributed by atoms with Crippen molar-refractivity contribution in [2.75, 3.05) is 6.61 Å². The largest absolute Gasteiger partial charge is 0.461 e. The minimum Gasteiger partial charge on any atom is -0.461 e. The zero-order valence-electron chi connectivity index (χ0n) is 13.7. The predicted molar refractivity (Wildman–Crippen MR) is 80.8 cm³/mol. The van der Waals surface area contributed by atoms with Crippen LogP contribution < -0.4 is 0 Å². The molecule has 3 rings (SSSR count). The lowest BCUT2D eigenvalue weighted by atomic mass is 9.85. The summed E-state index contributed by atoms with van der Waals surface area (Å²) in [5.41, 5.74) is -1.50. The minimum atomic E-state index is -4.59. The summed E-state index contributed by atoms with van der Waals surface area (Å²) < 4.78 is 43.4. The highest BCUT2D eigenvalue weighted by atomic mass is 19.4. The van der Waals surface area contributed by atoms with Crippen molar-refractivity contribution in [1.29, 1.82) is 0 Å². The molecule has 0 aromatic carbocycles. The van der Waals surface area contributed by atoms with Gasteiger partial charge in [-0.3, -0.25) is 4.98 Å². The number of aromatic nitrogens is 1. The van der Waals surface area contributed by atoms with Gasteiger partial charge >= 0.3 is 12.1 Å². The monoisotopic (exact) mass is 337 g/mol. The first-order valence-electron chi connectivity index (χ1n) is 7.79. The van der Waals surface area contributed by atoms with Gasteiger partial charge in [0.1, 0.15) is 5.69 Å². The maximum absolute atomic E-state index is 12.7. The van der Waals surface area contributed by atoms with E-state index in [9.17, 15) is 18.0 Å². The number of carbonyl (C=O) groups is 1. The third-order valence-corrected chi connectivity index (χ3v) is 5.37. The Morgan fingerprint density at radius 1 is 1.42 bits per heavy atom. The summed E-state index contributed by atoms with van der Waals surface area (Å²) in [6, 6.07) is 1.95. The van der Waals surface area contributed by atoms with E-state index in [4.69, 9.17) is 4.74 Å². The molecule has 128 valence electrons. The van der Waals surface area contributed by atoms with E-state index in [0.29, 0.717) is 0 Å². The number of rotatable bonds is 3. The molecule has 0 bridgehead atoms. The van der Waals surface area contributed by atoms with Crippen LogP contribution in [-0.4, -0.2) is 17.6 Å². The van der Waals surface area contributed by atoms with Crippen LogP contribution in [0.3, 0.4) is 0 Å². The fourth-order valence-electron chi connectivity index (χ4n) is 3.78.